The van der Waals surface area contributed by atoms with E-state index in [9.17, 15) is 46.0 Å². The van der Waals surface area contributed by atoms with E-state index in [2.05, 4.69) is 0 Å². The highest BCUT2D eigenvalue weighted by Crippen LogP contribution is 2.31. The van der Waals surface area contributed by atoms with Crippen LogP contribution in [0, 0.1) is 0 Å². The van der Waals surface area contributed by atoms with Gasteiger partial charge in [0.15, 0.2) is 18.9 Å². The summed E-state index contributed by atoms with van der Waals surface area (Å²) in [5.74, 6) is 0. The molecule has 32 heavy (non-hydrogen) atoms. The van der Waals surface area contributed by atoms with Crippen molar-refractivity contribution in [3.8, 4) is 0 Å². The molecule has 0 saturated carbocycles. The van der Waals surface area contributed by atoms with Gasteiger partial charge in [0, 0.05) is 0 Å². The number of hydrogen-bond acceptors (Lipinski definition) is 14. The van der Waals surface area contributed by atoms with Crippen LogP contribution in [0.4, 0.5) is 0 Å². The van der Waals surface area contributed by atoms with Crippen molar-refractivity contribution in [3.05, 3.63) is 0 Å². The largest absolute Gasteiger partial charge is 0.394 e. The lowest BCUT2D eigenvalue weighted by Crippen LogP contribution is -2.65. The van der Waals surface area contributed by atoms with Crippen molar-refractivity contribution in [2.45, 2.75) is 106 Å². The van der Waals surface area contributed by atoms with Gasteiger partial charge in [-0.2, -0.15) is 0 Å². The highest BCUT2D eigenvalue weighted by atomic mass is 16.7. The van der Waals surface area contributed by atoms with E-state index < -0.39 is 98.7 Å². The van der Waals surface area contributed by atoms with Crippen LogP contribution >= 0.6 is 0 Å². The Morgan fingerprint density at radius 1 is 0.562 bits per heavy atom. The Labute approximate surface area is 183 Å². The Bertz CT molecular complexity index is 608. The predicted molar refractivity (Wildman–Crippen MR) is 98.4 cm³/mol. The molecule has 3 saturated heterocycles. The molecule has 0 aromatic carbocycles. The third-order valence-corrected chi connectivity index (χ3v) is 6.02. The van der Waals surface area contributed by atoms with Crippen LogP contribution in [0.1, 0.15) is 13.8 Å². The molecule has 0 aliphatic carbocycles. The molecule has 0 unspecified atom stereocenters. The number of aliphatic hydroxyl groups excluding tert-OH is 9. The maximum Gasteiger partial charge on any atom is 0.187 e. The van der Waals surface area contributed by atoms with Crippen molar-refractivity contribution < 1.29 is 69.6 Å². The predicted octanol–water partition coefficient (Wildman–Crippen LogP) is -5.52. The van der Waals surface area contributed by atoms with Crippen LogP contribution in [0.3, 0.4) is 0 Å². The van der Waals surface area contributed by atoms with Crippen molar-refractivity contribution in [2.24, 2.45) is 0 Å². The zero-order chi connectivity index (χ0) is 23.9. The summed E-state index contributed by atoms with van der Waals surface area (Å²) >= 11 is 0. The average Bonchev–Trinajstić information content (AvgIpc) is 2.75. The molecular formula is C18H32O14. The monoisotopic (exact) mass is 472 g/mol. The van der Waals surface area contributed by atoms with E-state index in [1.807, 2.05) is 0 Å². The molecule has 14 heteroatoms. The highest BCUT2D eigenvalue weighted by Gasteiger charge is 2.52. The van der Waals surface area contributed by atoms with Gasteiger partial charge < -0.3 is 69.6 Å². The maximum atomic E-state index is 10.7. The quantitative estimate of drug-likeness (QED) is 0.182. The molecule has 3 heterocycles. The zero-order valence-corrected chi connectivity index (χ0v) is 17.4. The first-order valence-corrected chi connectivity index (χ1v) is 10.3. The standard InChI is InChI=1S/C18H32O14/c1-4-7(20)11(24)15(16(27)28-4)32-18-13(26)14(8(21)5(2)29-18)31-17-12(25)10(23)9(22)6(3-19)30-17/h4-27H,3H2,1-2H3/t4-,5-,6+,7-,8-,9+,10-,11+,12+,13+,14+,15+,16+,17+,18-/m0/s1. The lowest BCUT2D eigenvalue weighted by molar-refractivity contribution is -0.378. The molecule has 0 aromatic rings. The maximum absolute atomic E-state index is 10.7. The number of ether oxygens (including phenoxy) is 5. The number of aliphatic hydroxyl groups is 9. The molecule has 0 bridgehead atoms. The molecule has 3 rings (SSSR count). The van der Waals surface area contributed by atoms with Gasteiger partial charge in [0.2, 0.25) is 0 Å². The first kappa shape index (κ1) is 26.1. The molecule has 3 aliphatic heterocycles. The van der Waals surface area contributed by atoms with Crippen LogP contribution in [-0.2, 0) is 23.7 Å². The van der Waals surface area contributed by atoms with E-state index >= 15 is 0 Å². The molecular weight excluding hydrogens is 440 g/mol. The molecule has 188 valence electrons. The number of rotatable bonds is 5. The Balaban J connectivity index is 1.73. The van der Waals surface area contributed by atoms with E-state index in [1.165, 1.54) is 13.8 Å². The van der Waals surface area contributed by atoms with E-state index in [0.29, 0.717) is 0 Å². The fraction of sp³-hybridized carbons (Fsp3) is 1.00. The molecule has 0 amide bonds. The minimum absolute atomic E-state index is 0.704. The van der Waals surface area contributed by atoms with Gasteiger partial charge in [0.1, 0.15) is 61.0 Å². The molecule has 3 fully saturated rings. The minimum Gasteiger partial charge on any atom is -0.394 e. The summed E-state index contributed by atoms with van der Waals surface area (Å²) in [7, 11) is 0. The van der Waals surface area contributed by atoms with Crippen LogP contribution in [0.5, 0.6) is 0 Å². The summed E-state index contributed by atoms with van der Waals surface area (Å²) in [6, 6.07) is 0. The van der Waals surface area contributed by atoms with E-state index in [0.717, 1.165) is 0 Å². The summed E-state index contributed by atoms with van der Waals surface area (Å²) in [6.45, 7) is 2.14. The van der Waals surface area contributed by atoms with Gasteiger partial charge >= 0.3 is 0 Å². The van der Waals surface area contributed by atoms with E-state index in [1.54, 1.807) is 0 Å². The van der Waals surface area contributed by atoms with Gasteiger partial charge in [-0.1, -0.05) is 0 Å². The van der Waals surface area contributed by atoms with E-state index in [-0.39, 0.29) is 0 Å². The Morgan fingerprint density at radius 2 is 1.12 bits per heavy atom. The van der Waals surface area contributed by atoms with Crippen LogP contribution in [0.25, 0.3) is 0 Å². The number of hydrogen-bond donors (Lipinski definition) is 9. The van der Waals surface area contributed by atoms with Crippen molar-refractivity contribution >= 4 is 0 Å². The molecule has 3 aliphatic rings. The first-order valence-electron chi connectivity index (χ1n) is 10.3. The molecule has 0 aromatic heterocycles. The van der Waals surface area contributed by atoms with Gasteiger partial charge in [-0.05, 0) is 13.8 Å². The normalized spacial score (nSPS) is 55.0. The van der Waals surface area contributed by atoms with Crippen molar-refractivity contribution in [2.75, 3.05) is 6.61 Å². The summed E-state index contributed by atoms with van der Waals surface area (Å²) < 4.78 is 26.7. The van der Waals surface area contributed by atoms with Crippen molar-refractivity contribution in [1.29, 1.82) is 0 Å². The second-order valence-corrected chi connectivity index (χ2v) is 8.30. The Kier molecular flexibility index (Phi) is 8.44. The average molecular weight is 472 g/mol. The smallest absolute Gasteiger partial charge is 0.187 e. The van der Waals surface area contributed by atoms with Gasteiger partial charge in [-0.3, -0.25) is 0 Å². The van der Waals surface area contributed by atoms with Gasteiger partial charge in [0.05, 0.1) is 18.8 Å². The van der Waals surface area contributed by atoms with Crippen LogP contribution in [0.2, 0.25) is 0 Å². The summed E-state index contributed by atoms with van der Waals surface area (Å²) in [4.78, 5) is 0. The van der Waals surface area contributed by atoms with Crippen molar-refractivity contribution in [1.82, 2.24) is 0 Å². The lowest BCUT2D eigenvalue weighted by atomic mass is 9.96. The molecule has 9 N–H and O–H groups in total. The van der Waals surface area contributed by atoms with Gasteiger partial charge in [0.25, 0.3) is 0 Å². The molecule has 0 radical (unpaired) electrons. The second kappa shape index (κ2) is 10.4. The molecule has 0 spiro atoms. The van der Waals surface area contributed by atoms with Gasteiger partial charge in [-0.15, -0.1) is 0 Å². The summed E-state index contributed by atoms with van der Waals surface area (Å²) in [6.07, 6.45) is -22.5. The lowest BCUT2D eigenvalue weighted by Gasteiger charge is -2.47. The van der Waals surface area contributed by atoms with E-state index in [4.69, 9.17) is 23.7 Å². The van der Waals surface area contributed by atoms with Crippen LogP contribution in [0.15, 0.2) is 0 Å². The summed E-state index contributed by atoms with van der Waals surface area (Å²) in [5, 5.41) is 90.7. The van der Waals surface area contributed by atoms with Crippen molar-refractivity contribution in [3.63, 3.8) is 0 Å². The van der Waals surface area contributed by atoms with Crippen LogP contribution in [-0.4, -0.2) is 145 Å². The zero-order valence-electron chi connectivity index (χ0n) is 17.4. The SMILES string of the molecule is C[C@@H]1O[C@@H](O)[C@H](O[C@@H]2O[C@@H](C)[C@H](O)[C@@H](O[C@H]3O[C@H](CO)[C@@H](O)[C@H](O)[C@H]3O)[C@H]2O)[C@H](O)[C@H]1O. The first-order chi connectivity index (χ1) is 15.0. The minimum atomic E-state index is -1.78. The second-order valence-electron chi connectivity index (χ2n) is 8.30. The topological polar surface area (TPSA) is 228 Å². The Morgan fingerprint density at radius 3 is 1.75 bits per heavy atom. The Hall–Kier alpha value is -0.560. The third-order valence-electron chi connectivity index (χ3n) is 6.02. The fourth-order valence-electron chi connectivity index (χ4n) is 3.93. The highest BCUT2D eigenvalue weighted by molar-refractivity contribution is 4.95. The molecule has 14 nitrogen and oxygen atoms in total. The third kappa shape index (κ3) is 4.94. The van der Waals surface area contributed by atoms with Gasteiger partial charge in [-0.25, -0.2) is 0 Å². The summed E-state index contributed by atoms with van der Waals surface area (Å²) in [5.41, 5.74) is 0. The molecule has 15 atom stereocenters. The van der Waals surface area contributed by atoms with Crippen LogP contribution < -0.4 is 0 Å². The fourth-order valence-corrected chi connectivity index (χ4v) is 3.93.